The molecule has 4 aliphatic rings. The first-order valence-corrected chi connectivity index (χ1v) is 13.0. The minimum Gasteiger partial charge on any atom is -0.481 e. The van der Waals surface area contributed by atoms with E-state index < -0.39 is 28.8 Å². The van der Waals surface area contributed by atoms with Crippen molar-refractivity contribution in [2.45, 2.75) is 105 Å². The zero-order chi connectivity index (χ0) is 22.8. The van der Waals surface area contributed by atoms with Gasteiger partial charge in [-0.25, -0.2) is 0 Å². The van der Waals surface area contributed by atoms with Gasteiger partial charge in [-0.2, -0.15) is 0 Å². The summed E-state index contributed by atoms with van der Waals surface area (Å²) in [5.74, 6) is 0.824. The van der Waals surface area contributed by atoms with Gasteiger partial charge in [0.25, 0.3) is 0 Å². The number of aliphatic hydroxyl groups excluding tert-OH is 1. The van der Waals surface area contributed by atoms with Crippen molar-refractivity contribution in [2.75, 3.05) is 0 Å². The molecule has 4 saturated carbocycles. The van der Waals surface area contributed by atoms with Crippen molar-refractivity contribution in [2.24, 2.45) is 51.8 Å². The monoisotopic (exact) mass is 432 g/mol. The summed E-state index contributed by atoms with van der Waals surface area (Å²) in [4.78, 5) is 27.0. The lowest BCUT2D eigenvalue weighted by molar-refractivity contribution is -0.217. The third-order valence-corrected chi connectivity index (χ3v) is 11.2. The fourth-order valence-corrected chi connectivity index (χ4v) is 9.84. The van der Waals surface area contributed by atoms with Crippen LogP contribution in [-0.2, 0) is 9.59 Å². The smallest absolute Gasteiger partial charge is 0.311 e. The summed E-state index contributed by atoms with van der Waals surface area (Å²) in [5, 5.41) is 21.1. The summed E-state index contributed by atoms with van der Waals surface area (Å²) in [6.07, 6.45) is 8.48. The second-order valence-corrected chi connectivity index (χ2v) is 12.2. The van der Waals surface area contributed by atoms with Gasteiger partial charge in [0.15, 0.2) is 0 Å². The van der Waals surface area contributed by atoms with Crippen molar-refractivity contribution in [1.29, 1.82) is 0 Å². The average Bonchev–Trinajstić information content (AvgIpc) is 3.06. The molecule has 176 valence electrons. The van der Waals surface area contributed by atoms with Crippen molar-refractivity contribution in [3.63, 3.8) is 0 Å². The number of fused-ring (bicyclic) bond motifs is 5. The summed E-state index contributed by atoms with van der Waals surface area (Å²) in [6, 6.07) is 0. The van der Waals surface area contributed by atoms with Crippen LogP contribution in [0.2, 0.25) is 0 Å². The number of hydrogen-bond donors (Lipinski definition) is 2. The Balaban J connectivity index is 1.77. The first kappa shape index (κ1) is 23.3. The Labute approximate surface area is 188 Å². The van der Waals surface area contributed by atoms with E-state index in [0.29, 0.717) is 30.6 Å². The van der Waals surface area contributed by atoms with E-state index in [4.69, 9.17) is 0 Å². The number of rotatable bonds is 5. The SMILES string of the molecule is CCC[C@@H](C)[C@H]1CC[C@H]2[C@@H]3C(=O)C(CC)C4(C(=O)O)CC(O)CC[C@]4(C)[C@H]3CC[C@]12C. The van der Waals surface area contributed by atoms with Crippen molar-refractivity contribution >= 4 is 11.8 Å². The van der Waals surface area contributed by atoms with E-state index in [1.807, 2.05) is 6.92 Å². The van der Waals surface area contributed by atoms with Gasteiger partial charge in [-0.15, -0.1) is 0 Å². The van der Waals surface area contributed by atoms with Gasteiger partial charge < -0.3 is 10.2 Å². The molecule has 0 amide bonds. The lowest BCUT2D eigenvalue weighted by Gasteiger charge is -2.65. The molecule has 4 rings (SSSR count). The highest BCUT2D eigenvalue weighted by atomic mass is 16.4. The van der Waals surface area contributed by atoms with Crippen molar-refractivity contribution in [3.8, 4) is 0 Å². The fraction of sp³-hybridized carbons (Fsp3) is 0.926. The fourth-order valence-electron chi connectivity index (χ4n) is 9.84. The van der Waals surface area contributed by atoms with Crippen molar-refractivity contribution in [3.05, 3.63) is 0 Å². The Hall–Kier alpha value is -0.900. The Bertz CT molecular complexity index is 733. The minimum atomic E-state index is -1.11. The number of aliphatic carboxylic acids is 1. The second kappa shape index (κ2) is 7.85. The van der Waals surface area contributed by atoms with Gasteiger partial charge in [-0.05, 0) is 85.9 Å². The molecule has 0 aromatic heterocycles. The third kappa shape index (κ3) is 2.95. The van der Waals surface area contributed by atoms with E-state index in [-0.39, 0.29) is 29.5 Å². The van der Waals surface area contributed by atoms with Gasteiger partial charge in [0.05, 0.1) is 11.5 Å². The number of carboxylic acids is 1. The van der Waals surface area contributed by atoms with Crippen LogP contribution < -0.4 is 0 Å². The zero-order valence-electron chi connectivity index (χ0n) is 20.3. The normalized spacial score (nSPS) is 50.3. The summed E-state index contributed by atoms with van der Waals surface area (Å²) in [6.45, 7) is 11.3. The summed E-state index contributed by atoms with van der Waals surface area (Å²) in [5.41, 5.74) is -1.32. The molecule has 0 aromatic carbocycles. The number of Topliss-reactive ketones (excluding diaryl/α,β-unsaturated/α-hetero) is 1. The molecule has 0 saturated heterocycles. The van der Waals surface area contributed by atoms with E-state index in [2.05, 4.69) is 27.7 Å². The van der Waals surface area contributed by atoms with Crippen LogP contribution in [0.25, 0.3) is 0 Å². The van der Waals surface area contributed by atoms with Gasteiger partial charge in [0.2, 0.25) is 0 Å². The maximum atomic E-state index is 14.1. The molecule has 4 aliphatic carbocycles. The second-order valence-electron chi connectivity index (χ2n) is 12.2. The molecule has 31 heavy (non-hydrogen) atoms. The highest BCUT2D eigenvalue weighted by molar-refractivity contribution is 5.93. The van der Waals surface area contributed by atoms with E-state index >= 15 is 0 Å². The van der Waals surface area contributed by atoms with Crippen LogP contribution in [0.4, 0.5) is 0 Å². The van der Waals surface area contributed by atoms with Crippen LogP contribution in [0, 0.1) is 51.8 Å². The highest BCUT2D eigenvalue weighted by Crippen LogP contribution is 2.72. The predicted octanol–water partition coefficient (Wildman–Crippen LogP) is 5.71. The first-order valence-electron chi connectivity index (χ1n) is 13.0. The lowest BCUT2D eigenvalue weighted by Crippen LogP contribution is -2.68. The molecule has 2 N–H and O–H groups in total. The largest absolute Gasteiger partial charge is 0.481 e. The number of carboxylic acid groups (broad SMARTS) is 1. The van der Waals surface area contributed by atoms with Crippen molar-refractivity contribution < 1.29 is 19.8 Å². The van der Waals surface area contributed by atoms with Gasteiger partial charge in [0, 0.05) is 11.8 Å². The first-order chi connectivity index (χ1) is 14.6. The van der Waals surface area contributed by atoms with Crippen molar-refractivity contribution in [1.82, 2.24) is 0 Å². The van der Waals surface area contributed by atoms with Crippen LogP contribution in [0.15, 0.2) is 0 Å². The molecular weight excluding hydrogens is 388 g/mol. The molecule has 4 heteroatoms. The van der Waals surface area contributed by atoms with Crippen LogP contribution in [0.5, 0.6) is 0 Å². The molecule has 0 bridgehead atoms. The Morgan fingerprint density at radius 3 is 2.42 bits per heavy atom. The molecule has 0 radical (unpaired) electrons. The zero-order valence-corrected chi connectivity index (χ0v) is 20.3. The van der Waals surface area contributed by atoms with Crippen LogP contribution >= 0.6 is 0 Å². The highest BCUT2D eigenvalue weighted by Gasteiger charge is 2.72. The topological polar surface area (TPSA) is 74.6 Å². The lowest BCUT2D eigenvalue weighted by atomic mass is 9.36. The number of carbonyl (C=O) groups is 2. The Morgan fingerprint density at radius 2 is 1.81 bits per heavy atom. The Kier molecular flexibility index (Phi) is 5.89. The molecule has 0 spiro atoms. The standard InChI is InChI=1S/C27H44O4/c1-6-8-16(3)19-9-10-20-22-21(12-13-25(19,20)4)26(5)14-11-17(28)15-27(26,24(30)31)18(7-2)23(22)29/h16-22,28H,6-15H2,1-5H3,(H,30,31)/t16-,17?,18?,19-,20+,21+,22+,25-,26-,27?/m1/s1. The van der Waals surface area contributed by atoms with Gasteiger partial charge in [0.1, 0.15) is 5.78 Å². The molecule has 3 unspecified atom stereocenters. The minimum absolute atomic E-state index is 0.00949. The van der Waals surface area contributed by atoms with Gasteiger partial charge in [-0.3, -0.25) is 9.59 Å². The van der Waals surface area contributed by atoms with Gasteiger partial charge >= 0.3 is 5.97 Å². The van der Waals surface area contributed by atoms with Gasteiger partial charge in [-0.1, -0.05) is 47.5 Å². The summed E-state index contributed by atoms with van der Waals surface area (Å²) < 4.78 is 0. The Morgan fingerprint density at radius 1 is 1.10 bits per heavy atom. The molecule has 4 fully saturated rings. The summed E-state index contributed by atoms with van der Waals surface area (Å²) in [7, 11) is 0. The summed E-state index contributed by atoms with van der Waals surface area (Å²) >= 11 is 0. The number of ketones is 1. The molecule has 0 heterocycles. The van der Waals surface area contributed by atoms with Crippen LogP contribution in [0.1, 0.15) is 98.8 Å². The number of carbonyl (C=O) groups excluding carboxylic acids is 1. The van der Waals surface area contributed by atoms with E-state index in [9.17, 15) is 19.8 Å². The van der Waals surface area contributed by atoms with E-state index in [1.54, 1.807) is 0 Å². The average molecular weight is 433 g/mol. The molecule has 4 nitrogen and oxygen atoms in total. The quantitative estimate of drug-likeness (QED) is 0.583. The molecule has 0 aliphatic heterocycles. The third-order valence-electron chi connectivity index (χ3n) is 11.2. The van der Waals surface area contributed by atoms with E-state index in [0.717, 1.165) is 25.7 Å². The molecule has 0 aromatic rings. The predicted molar refractivity (Wildman–Crippen MR) is 121 cm³/mol. The van der Waals surface area contributed by atoms with E-state index in [1.165, 1.54) is 19.3 Å². The maximum Gasteiger partial charge on any atom is 0.311 e. The number of aliphatic hydroxyl groups is 1. The molecular formula is C27H44O4. The van der Waals surface area contributed by atoms with Crippen LogP contribution in [0.3, 0.4) is 0 Å². The maximum absolute atomic E-state index is 14.1. The van der Waals surface area contributed by atoms with Crippen LogP contribution in [-0.4, -0.2) is 28.1 Å². The number of hydrogen-bond acceptors (Lipinski definition) is 3. The molecule has 10 atom stereocenters.